The summed E-state index contributed by atoms with van der Waals surface area (Å²) < 4.78 is 0. The normalized spacial score (nSPS) is 11.2. The number of hydrogen-bond acceptors (Lipinski definition) is 1. The third-order valence-corrected chi connectivity index (χ3v) is 3.19. The SMILES string of the molecule is Cc1cc(C)c2ccc3cccc(=O)c3c2[nH]1. The molecule has 0 atom stereocenters. The second kappa shape index (κ2) is 3.45. The zero-order valence-electron chi connectivity index (χ0n) is 9.87. The molecule has 1 aromatic heterocycles. The van der Waals surface area contributed by atoms with Gasteiger partial charge in [0.05, 0.1) is 10.9 Å². The van der Waals surface area contributed by atoms with E-state index >= 15 is 0 Å². The number of aryl methyl sites for hydroxylation is 2. The van der Waals surface area contributed by atoms with E-state index in [4.69, 9.17) is 0 Å². The molecule has 2 aromatic carbocycles. The van der Waals surface area contributed by atoms with Crippen molar-refractivity contribution in [2.24, 2.45) is 0 Å². The van der Waals surface area contributed by atoms with Crippen LogP contribution in [0.1, 0.15) is 11.3 Å². The molecule has 0 aliphatic carbocycles. The zero-order valence-corrected chi connectivity index (χ0v) is 9.87. The third kappa shape index (κ3) is 1.45. The number of H-pyrrole nitrogens is 1. The van der Waals surface area contributed by atoms with Crippen molar-refractivity contribution in [3.05, 3.63) is 57.9 Å². The van der Waals surface area contributed by atoms with Crippen LogP contribution in [0.3, 0.4) is 0 Å². The predicted molar refractivity (Wildman–Crippen MR) is 71.5 cm³/mol. The Morgan fingerprint density at radius 1 is 1.06 bits per heavy atom. The van der Waals surface area contributed by atoms with Gasteiger partial charge in [-0.15, -0.1) is 0 Å². The van der Waals surface area contributed by atoms with E-state index in [0.717, 1.165) is 27.4 Å². The van der Waals surface area contributed by atoms with Gasteiger partial charge in [-0.25, -0.2) is 0 Å². The highest BCUT2D eigenvalue weighted by molar-refractivity contribution is 6.05. The molecule has 0 bridgehead atoms. The Kier molecular flexibility index (Phi) is 2.05. The van der Waals surface area contributed by atoms with Crippen LogP contribution in [0.2, 0.25) is 0 Å². The van der Waals surface area contributed by atoms with Crippen LogP contribution in [0.4, 0.5) is 0 Å². The lowest BCUT2D eigenvalue weighted by atomic mass is 10.0. The molecule has 17 heavy (non-hydrogen) atoms. The molecule has 3 aromatic rings. The molecule has 0 unspecified atom stereocenters. The molecule has 3 rings (SSSR count). The number of aromatic amines is 1. The maximum absolute atomic E-state index is 12.0. The average Bonchev–Trinajstić information content (AvgIpc) is 2.28. The summed E-state index contributed by atoms with van der Waals surface area (Å²) in [6, 6.07) is 11.6. The fourth-order valence-corrected chi connectivity index (χ4v) is 2.44. The molecule has 84 valence electrons. The molecule has 1 heterocycles. The highest BCUT2D eigenvalue weighted by Crippen LogP contribution is 2.24. The lowest BCUT2D eigenvalue weighted by Gasteiger charge is -2.07. The zero-order chi connectivity index (χ0) is 12.0. The minimum absolute atomic E-state index is 0.0781. The van der Waals surface area contributed by atoms with Gasteiger partial charge in [-0.3, -0.25) is 4.79 Å². The van der Waals surface area contributed by atoms with Crippen molar-refractivity contribution in [1.29, 1.82) is 0 Å². The summed E-state index contributed by atoms with van der Waals surface area (Å²) in [5.41, 5.74) is 3.30. The first kappa shape index (κ1) is 10.1. The number of benzene rings is 2. The summed E-state index contributed by atoms with van der Waals surface area (Å²) in [5.74, 6) is 0. The minimum Gasteiger partial charge on any atom is -0.358 e. The highest BCUT2D eigenvalue weighted by atomic mass is 16.1. The number of rotatable bonds is 0. The van der Waals surface area contributed by atoms with E-state index in [-0.39, 0.29) is 5.43 Å². The second-order valence-electron chi connectivity index (χ2n) is 4.48. The van der Waals surface area contributed by atoms with Crippen molar-refractivity contribution in [2.75, 3.05) is 0 Å². The van der Waals surface area contributed by atoms with Gasteiger partial charge in [0.15, 0.2) is 5.43 Å². The number of nitrogens with one attached hydrogen (secondary N) is 1. The van der Waals surface area contributed by atoms with Crippen LogP contribution in [-0.4, -0.2) is 4.98 Å². The van der Waals surface area contributed by atoms with Crippen molar-refractivity contribution >= 4 is 21.7 Å². The van der Waals surface area contributed by atoms with E-state index in [1.54, 1.807) is 12.1 Å². The smallest absolute Gasteiger partial charge is 0.188 e. The van der Waals surface area contributed by atoms with Gasteiger partial charge in [0, 0.05) is 11.1 Å². The molecule has 0 amide bonds. The first-order valence-corrected chi connectivity index (χ1v) is 5.69. The summed E-state index contributed by atoms with van der Waals surface area (Å²) in [7, 11) is 0. The van der Waals surface area contributed by atoms with Gasteiger partial charge in [0.1, 0.15) is 0 Å². The fraction of sp³-hybridized carbons (Fsp3) is 0.133. The Bertz CT molecular complexity index is 784. The van der Waals surface area contributed by atoms with Crippen molar-refractivity contribution in [2.45, 2.75) is 13.8 Å². The maximum atomic E-state index is 12.0. The molecule has 0 spiro atoms. The van der Waals surface area contributed by atoms with Gasteiger partial charge in [-0.1, -0.05) is 24.3 Å². The summed E-state index contributed by atoms with van der Waals surface area (Å²) in [6.45, 7) is 4.08. The van der Waals surface area contributed by atoms with Crippen molar-refractivity contribution in [3.63, 3.8) is 0 Å². The van der Waals surface area contributed by atoms with E-state index in [1.165, 1.54) is 5.56 Å². The van der Waals surface area contributed by atoms with Crippen LogP contribution < -0.4 is 5.43 Å². The Morgan fingerprint density at radius 2 is 1.88 bits per heavy atom. The van der Waals surface area contributed by atoms with Crippen LogP contribution >= 0.6 is 0 Å². The van der Waals surface area contributed by atoms with Gasteiger partial charge >= 0.3 is 0 Å². The second-order valence-corrected chi connectivity index (χ2v) is 4.48. The Morgan fingerprint density at radius 3 is 2.71 bits per heavy atom. The molecule has 0 aliphatic heterocycles. The number of hydrogen-bond donors (Lipinski definition) is 1. The minimum atomic E-state index is 0.0781. The fourth-order valence-electron chi connectivity index (χ4n) is 2.44. The highest BCUT2D eigenvalue weighted by Gasteiger charge is 2.06. The lowest BCUT2D eigenvalue weighted by Crippen LogP contribution is -2.01. The molecular formula is C15H13NO. The molecule has 0 aliphatic rings. The quantitative estimate of drug-likeness (QED) is 0.583. The molecule has 2 heteroatoms. The molecule has 0 fully saturated rings. The monoisotopic (exact) mass is 223 g/mol. The van der Waals surface area contributed by atoms with Crippen LogP contribution in [-0.2, 0) is 0 Å². The topological polar surface area (TPSA) is 32.9 Å². The van der Waals surface area contributed by atoms with Gasteiger partial charge < -0.3 is 4.98 Å². The molecular weight excluding hydrogens is 210 g/mol. The largest absolute Gasteiger partial charge is 0.358 e. The molecule has 1 N–H and O–H groups in total. The summed E-state index contributed by atoms with van der Waals surface area (Å²) in [5, 5.41) is 2.90. The number of fused-ring (bicyclic) bond motifs is 3. The van der Waals surface area contributed by atoms with Crippen LogP contribution in [0.15, 0.2) is 41.2 Å². The van der Waals surface area contributed by atoms with E-state index in [2.05, 4.69) is 24.0 Å². The Balaban J connectivity index is 2.68. The summed E-state index contributed by atoms with van der Waals surface area (Å²) >= 11 is 0. The molecule has 2 nitrogen and oxygen atoms in total. The molecule has 0 saturated carbocycles. The number of pyridine rings is 1. The maximum Gasteiger partial charge on any atom is 0.188 e. The first-order chi connectivity index (χ1) is 8.16. The molecule has 0 radical (unpaired) electrons. The Hall–Kier alpha value is -2.09. The number of aromatic nitrogens is 1. The van der Waals surface area contributed by atoms with Gasteiger partial charge in [-0.05, 0) is 36.9 Å². The van der Waals surface area contributed by atoms with E-state index in [1.807, 2.05) is 19.1 Å². The standard InChI is InChI=1S/C15H13NO/c1-9-8-10(2)16-15-12(9)7-6-11-4-3-5-13(17)14(11)15/h3-8,16H,1-2H3. The van der Waals surface area contributed by atoms with Crippen molar-refractivity contribution < 1.29 is 0 Å². The van der Waals surface area contributed by atoms with Gasteiger partial charge in [0.25, 0.3) is 0 Å². The molecule has 0 saturated heterocycles. The first-order valence-electron chi connectivity index (χ1n) is 5.69. The third-order valence-electron chi connectivity index (χ3n) is 3.19. The average molecular weight is 223 g/mol. The van der Waals surface area contributed by atoms with Crippen molar-refractivity contribution in [1.82, 2.24) is 4.98 Å². The van der Waals surface area contributed by atoms with Crippen LogP contribution in [0.5, 0.6) is 0 Å². The van der Waals surface area contributed by atoms with E-state index < -0.39 is 0 Å². The predicted octanol–water partition coefficient (Wildman–Crippen LogP) is 3.30. The van der Waals surface area contributed by atoms with Crippen LogP contribution in [0, 0.1) is 13.8 Å². The Labute approximate surface area is 98.9 Å². The van der Waals surface area contributed by atoms with E-state index in [9.17, 15) is 4.79 Å². The summed E-state index contributed by atoms with van der Waals surface area (Å²) in [4.78, 5) is 15.3. The van der Waals surface area contributed by atoms with Crippen molar-refractivity contribution in [3.8, 4) is 0 Å². The van der Waals surface area contributed by atoms with Gasteiger partial charge in [-0.2, -0.15) is 0 Å². The van der Waals surface area contributed by atoms with Crippen LogP contribution in [0.25, 0.3) is 21.7 Å². The summed E-state index contributed by atoms with van der Waals surface area (Å²) in [6.07, 6.45) is 0. The van der Waals surface area contributed by atoms with E-state index in [0.29, 0.717) is 0 Å². The van der Waals surface area contributed by atoms with Gasteiger partial charge in [0.2, 0.25) is 0 Å². The lowest BCUT2D eigenvalue weighted by molar-refractivity contribution is 1.24.